The molecule has 1 aromatic heterocycles. The van der Waals surface area contributed by atoms with Gasteiger partial charge >= 0.3 is 6.36 Å². The molecular formula is C24H28F3N3O4S. The number of benzene rings is 2. The van der Waals surface area contributed by atoms with Crippen molar-refractivity contribution in [3.8, 4) is 5.75 Å². The molecule has 0 aliphatic carbocycles. The fourth-order valence-corrected chi connectivity index (χ4v) is 5.82. The minimum Gasteiger partial charge on any atom is -0.406 e. The highest BCUT2D eigenvalue weighted by Crippen LogP contribution is 2.30. The Morgan fingerprint density at radius 3 is 2.46 bits per heavy atom. The monoisotopic (exact) mass is 511 g/mol. The molecule has 0 radical (unpaired) electrons. The van der Waals surface area contributed by atoms with E-state index in [1.807, 2.05) is 18.5 Å². The van der Waals surface area contributed by atoms with Crippen molar-refractivity contribution < 1.29 is 31.1 Å². The van der Waals surface area contributed by atoms with Crippen LogP contribution in [-0.4, -0.2) is 44.3 Å². The molecule has 4 rings (SSSR count). The van der Waals surface area contributed by atoms with Gasteiger partial charge in [-0.1, -0.05) is 13.8 Å². The number of sulfonamides is 1. The number of hydrogen-bond donors (Lipinski definition) is 0. The van der Waals surface area contributed by atoms with Gasteiger partial charge in [0.25, 0.3) is 10.0 Å². The summed E-state index contributed by atoms with van der Waals surface area (Å²) in [5, 5.41) is 5.17. The van der Waals surface area contributed by atoms with Crippen LogP contribution < -0.4 is 9.04 Å². The van der Waals surface area contributed by atoms with Crippen LogP contribution in [0, 0.1) is 11.8 Å². The standard InChI is InChI=1S/C24H28F3N3O4S/c1-17(2)15-30(20-3-5-21(6-4-20)34-24(25,26)27)35(31,32)22-7-8-23-19(13-22)14-28-29(23)16-18-9-11-33-12-10-18/h3-8,13-14,17-18H,9-12,15-16H2,1-2H3. The van der Waals surface area contributed by atoms with Crippen LogP contribution in [0.4, 0.5) is 18.9 Å². The fourth-order valence-electron chi connectivity index (χ4n) is 4.16. The number of aromatic nitrogens is 2. The van der Waals surface area contributed by atoms with Gasteiger partial charge in [-0.05, 0) is 67.1 Å². The van der Waals surface area contributed by atoms with E-state index < -0.39 is 22.1 Å². The highest BCUT2D eigenvalue weighted by molar-refractivity contribution is 7.92. The lowest BCUT2D eigenvalue weighted by atomic mass is 10.0. The molecule has 1 fully saturated rings. The molecule has 0 spiro atoms. The van der Waals surface area contributed by atoms with Crippen molar-refractivity contribution in [3.63, 3.8) is 0 Å². The lowest BCUT2D eigenvalue weighted by molar-refractivity contribution is -0.274. The van der Waals surface area contributed by atoms with Gasteiger partial charge in [0, 0.05) is 31.7 Å². The largest absolute Gasteiger partial charge is 0.573 e. The molecule has 2 aromatic carbocycles. The van der Waals surface area contributed by atoms with E-state index in [1.54, 1.807) is 24.4 Å². The first-order valence-corrected chi connectivity index (χ1v) is 12.9. The summed E-state index contributed by atoms with van der Waals surface area (Å²) in [4.78, 5) is 0.0897. The average Bonchev–Trinajstić information content (AvgIpc) is 3.19. The van der Waals surface area contributed by atoms with Crippen molar-refractivity contribution in [2.45, 2.75) is 44.5 Å². The molecular weight excluding hydrogens is 483 g/mol. The minimum absolute atomic E-state index is 0.0261. The van der Waals surface area contributed by atoms with Crippen LogP contribution in [-0.2, 0) is 21.3 Å². The number of rotatable bonds is 8. The molecule has 1 aliphatic heterocycles. The molecule has 0 amide bonds. The molecule has 0 atom stereocenters. The molecule has 7 nitrogen and oxygen atoms in total. The summed E-state index contributed by atoms with van der Waals surface area (Å²) in [6, 6.07) is 9.73. The molecule has 0 bridgehead atoms. The number of alkyl halides is 3. The number of hydrogen-bond acceptors (Lipinski definition) is 5. The quantitative estimate of drug-likeness (QED) is 0.415. The Bertz CT molecular complexity index is 1250. The Morgan fingerprint density at radius 1 is 1.14 bits per heavy atom. The Balaban J connectivity index is 1.62. The van der Waals surface area contributed by atoms with E-state index >= 15 is 0 Å². The SMILES string of the molecule is CC(C)CN(c1ccc(OC(F)(F)F)cc1)S(=O)(=O)c1ccc2c(cnn2CC2CCOCC2)c1. The van der Waals surface area contributed by atoms with Crippen molar-refractivity contribution in [3.05, 3.63) is 48.7 Å². The van der Waals surface area contributed by atoms with Crippen LogP contribution in [0.5, 0.6) is 5.75 Å². The van der Waals surface area contributed by atoms with Crippen molar-refractivity contribution >= 4 is 26.6 Å². The zero-order valence-corrected chi connectivity index (χ0v) is 20.3. The van der Waals surface area contributed by atoms with E-state index in [4.69, 9.17) is 4.74 Å². The first kappa shape index (κ1) is 25.3. The third-order valence-electron chi connectivity index (χ3n) is 5.86. The van der Waals surface area contributed by atoms with Crippen molar-refractivity contribution in [1.29, 1.82) is 0 Å². The van der Waals surface area contributed by atoms with Gasteiger partial charge in [0.2, 0.25) is 0 Å². The van der Waals surface area contributed by atoms with Crippen molar-refractivity contribution in [2.24, 2.45) is 11.8 Å². The molecule has 1 aliphatic rings. The predicted molar refractivity (Wildman–Crippen MR) is 126 cm³/mol. The number of halogens is 3. The third kappa shape index (κ3) is 6.07. The minimum atomic E-state index is -4.82. The van der Waals surface area contributed by atoms with Crippen LogP contribution in [0.1, 0.15) is 26.7 Å². The van der Waals surface area contributed by atoms with Gasteiger partial charge in [-0.25, -0.2) is 8.42 Å². The molecule has 11 heteroatoms. The van der Waals surface area contributed by atoms with E-state index in [9.17, 15) is 21.6 Å². The molecule has 35 heavy (non-hydrogen) atoms. The molecule has 0 saturated carbocycles. The molecule has 3 aromatic rings. The molecule has 0 unspecified atom stereocenters. The molecule has 0 N–H and O–H groups in total. The van der Waals surface area contributed by atoms with E-state index in [2.05, 4.69) is 9.84 Å². The lowest BCUT2D eigenvalue weighted by Gasteiger charge is -2.26. The molecule has 190 valence electrons. The summed E-state index contributed by atoms with van der Waals surface area (Å²) in [6.07, 6.45) is -1.24. The topological polar surface area (TPSA) is 73.7 Å². The molecule has 1 saturated heterocycles. The summed E-state index contributed by atoms with van der Waals surface area (Å²) in [7, 11) is -3.99. The maximum absolute atomic E-state index is 13.6. The third-order valence-corrected chi connectivity index (χ3v) is 7.65. The number of anilines is 1. The maximum Gasteiger partial charge on any atom is 0.573 e. The predicted octanol–water partition coefficient (Wildman–Crippen LogP) is 5.21. The van der Waals surface area contributed by atoms with Crippen LogP contribution in [0.2, 0.25) is 0 Å². The fraction of sp³-hybridized carbons (Fsp3) is 0.458. The van der Waals surface area contributed by atoms with Gasteiger partial charge in [-0.15, -0.1) is 13.2 Å². The number of nitrogens with zero attached hydrogens (tertiary/aromatic N) is 3. The van der Waals surface area contributed by atoms with Gasteiger partial charge in [0.1, 0.15) is 5.75 Å². The summed E-state index contributed by atoms with van der Waals surface area (Å²) >= 11 is 0. The Labute approximate surface area is 202 Å². The summed E-state index contributed by atoms with van der Waals surface area (Å²) < 4.78 is 77.2. The lowest BCUT2D eigenvalue weighted by Crippen LogP contribution is -2.34. The molecule has 2 heterocycles. The van der Waals surface area contributed by atoms with Crippen molar-refractivity contribution in [1.82, 2.24) is 9.78 Å². The Kier molecular flexibility index (Phi) is 7.27. The first-order valence-electron chi connectivity index (χ1n) is 11.4. The highest BCUT2D eigenvalue weighted by Gasteiger charge is 2.31. The highest BCUT2D eigenvalue weighted by atomic mass is 32.2. The van der Waals surface area contributed by atoms with Crippen molar-refractivity contribution in [2.75, 3.05) is 24.1 Å². The summed E-state index contributed by atoms with van der Waals surface area (Å²) in [6.45, 7) is 6.11. The number of ether oxygens (including phenoxy) is 2. The number of fused-ring (bicyclic) bond motifs is 1. The smallest absolute Gasteiger partial charge is 0.406 e. The van der Waals surface area contributed by atoms with Crippen LogP contribution >= 0.6 is 0 Å². The van der Waals surface area contributed by atoms with Gasteiger partial charge in [0.15, 0.2) is 0 Å². The zero-order valence-electron chi connectivity index (χ0n) is 19.5. The Morgan fingerprint density at radius 2 is 1.83 bits per heavy atom. The second-order valence-electron chi connectivity index (χ2n) is 9.07. The van der Waals surface area contributed by atoms with E-state index in [1.165, 1.54) is 16.4 Å². The van der Waals surface area contributed by atoms with Gasteiger partial charge < -0.3 is 9.47 Å². The second kappa shape index (κ2) is 10.1. The second-order valence-corrected chi connectivity index (χ2v) is 10.9. The summed E-state index contributed by atoms with van der Waals surface area (Å²) in [5.41, 5.74) is 1.10. The van der Waals surface area contributed by atoms with E-state index in [0.717, 1.165) is 50.2 Å². The van der Waals surface area contributed by atoms with Crippen LogP contribution in [0.15, 0.2) is 53.6 Å². The van der Waals surface area contributed by atoms with Gasteiger partial charge in [-0.2, -0.15) is 5.10 Å². The first-order chi connectivity index (χ1) is 16.5. The summed E-state index contributed by atoms with van der Waals surface area (Å²) in [5.74, 6) is 0.0180. The van der Waals surface area contributed by atoms with E-state index in [-0.39, 0.29) is 23.0 Å². The van der Waals surface area contributed by atoms with Crippen LogP contribution in [0.25, 0.3) is 10.9 Å². The Hall–Kier alpha value is -2.79. The van der Waals surface area contributed by atoms with Gasteiger partial charge in [0.05, 0.1) is 22.3 Å². The van der Waals surface area contributed by atoms with Gasteiger partial charge in [-0.3, -0.25) is 8.99 Å². The normalized spacial score (nSPS) is 15.6. The zero-order chi connectivity index (χ0) is 25.2. The van der Waals surface area contributed by atoms with Crippen LogP contribution in [0.3, 0.4) is 0 Å². The average molecular weight is 512 g/mol. The maximum atomic E-state index is 13.6. The van der Waals surface area contributed by atoms with E-state index in [0.29, 0.717) is 11.3 Å².